The van der Waals surface area contributed by atoms with Crippen molar-refractivity contribution in [3.05, 3.63) is 82.0 Å². The third kappa shape index (κ3) is 8.74. The second kappa shape index (κ2) is 14.9. The first-order valence-corrected chi connectivity index (χ1v) is 20.2. The molecule has 0 radical (unpaired) electrons. The zero-order chi connectivity index (χ0) is 34.5. The third-order valence-corrected chi connectivity index (χ3v) is 14.9. The lowest BCUT2D eigenvalue weighted by atomic mass is 9.69. The van der Waals surface area contributed by atoms with E-state index in [1.165, 1.54) is 22.3 Å². The lowest BCUT2D eigenvalue weighted by Gasteiger charge is -2.43. The zero-order valence-corrected chi connectivity index (χ0v) is 32.1. The molecular formula is C40H60N2O3Si. The minimum Gasteiger partial charge on any atom is -0.466 e. The summed E-state index contributed by atoms with van der Waals surface area (Å²) in [5, 5.41) is 8.78. The minimum absolute atomic E-state index is 0.0841. The van der Waals surface area contributed by atoms with E-state index < -0.39 is 8.32 Å². The maximum Gasteiger partial charge on any atom is 0.310 e. The number of hydrogen-bond acceptors (Lipinski definition) is 5. The Hall–Kier alpha value is -2.83. The smallest absolute Gasteiger partial charge is 0.310 e. The number of esters is 1. The highest BCUT2D eigenvalue weighted by molar-refractivity contribution is 6.74. The van der Waals surface area contributed by atoms with Gasteiger partial charge in [-0.3, -0.25) is 4.79 Å². The highest BCUT2D eigenvalue weighted by atomic mass is 28.4. The first-order chi connectivity index (χ1) is 21.4. The number of carbonyl (C=O) groups excluding carboxylic acids is 1. The van der Waals surface area contributed by atoms with Gasteiger partial charge in [0.1, 0.15) is 0 Å². The van der Waals surface area contributed by atoms with Gasteiger partial charge in [0, 0.05) is 11.0 Å². The van der Waals surface area contributed by atoms with Crippen LogP contribution in [0, 0.1) is 19.3 Å². The normalized spacial score (nSPS) is 13.5. The lowest BCUT2D eigenvalue weighted by molar-refractivity contribution is -0.142. The van der Waals surface area contributed by atoms with E-state index in [-0.39, 0.29) is 34.4 Å². The fourth-order valence-corrected chi connectivity index (χ4v) is 7.79. The average Bonchev–Trinajstić information content (AvgIpc) is 2.96. The van der Waals surface area contributed by atoms with Gasteiger partial charge < -0.3 is 9.16 Å². The van der Waals surface area contributed by atoms with Crippen molar-refractivity contribution in [1.82, 2.24) is 10.2 Å². The monoisotopic (exact) mass is 644 g/mol. The summed E-state index contributed by atoms with van der Waals surface area (Å²) in [6.45, 7) is 29.8. The number of aryl methyl sites for hydroxylation is 3. The van der Waals surface area contributed by atoms with Crippen LogP contribution in [0.15, 0.2) is 48.7 Å². The van der Waals surface area contributed by atoms with Gasteiger partial charge >= 0.3 is 5.97 Å². The summed E-state index contributed by atoms with van der Waals surface area (Å²) in [6.07, 6.45) is 6.09. The molecule has 1 atom stereocenters. The molecule has 0 aliphatic carbocycles. The predicted octanol–water partition coefficient (Wildman–Crippen LogP) is 10.3. The standard InChI is InChI=1S/C40H60N2O3Si/c1-14-40(15-2,33-20-21-34(29(5)24-33)35-25-30(27-41-42-35)26-37(43)44-16-3)32-19-17-31(28(4)23-32)18-22-36(38(6,7)8)45-46(12,13)39(9,10)11/h17,19-21,23-25,27,36H,14-16,18,22,26H2,1-13H3. The third-order valence-electron chi connectivity index (χ3n) is 10.4. The number of carbonyl (C=O) groups is 1. The fraction of sp³-hybridized carbons (Fsp3) is 0.575. The Morgan fingerprint density at radius 1 is 0.870 bits per heavy atom. The Labute approximate surface area is 281 Å². The summed E-state index contributed by atoms with van der Waals surface area (Å²) in [5.41, 5.74) is 9.19. The first kappa shape index (κ1) is 37.6. The van der Waals surface area contributed by atoms with Crippen LogP contribution in [0.4, 0.5) is 0 Å². The quantitative estimate of drug-likeness (QED) is 0.137. The molecule has 6 heteroatoms. The summed E-state index contributed by atoms with van der Waals surface area (Å²) >= 11 is 0. The van der Waals surface area contributed by atoms with E-state index in [1.807, 2.05) is 13.0 Å². The second-order valence-corrected chi connectivity index (χ2v) is 20.4. The largest absolute Gasteiger partial charge is 0.466 e. The summed E-state index contributed by atoms with van der Waals surface area (Å²) < 4.78 is 12.1. The maximum absolute atomic E-state index is 12.0. The molecule has 2 aromatic carbocycles. The van der Waals surface area contributed by atoms with Crippen molar-refractivity contribution >= 4 is 14.3 Å². The van der Waals surface area contributed by atoms with Crippen LogP contribution in [-0.4, -0.2) is 37.2 Å². The highest BCUT2D eigenvalue weighted by Crippen LogP contribution is 2.42. The number of nitrogens with zero attached hydrogens (tertiary/aromatic N) is 2. The van der Waals surface area contributed by atoms with Crippen LogP contribution >= 0.6 is 0 Å². The highest BCUT2D eigenvalue weighted by Gasteiger charge is 2.41. The van der Waals surface area contributed by atoms with Crippen LogP contribution in [0.5, 0.6) is 0 Å². The van der Waals surface area contributed by atoms with Crippen LogP contribution in [0.25, 0.3) is 11.3 Å². The molecule has 0 spiro atoms. The predicted molar refractivity (Wildman–Crippen MR) is 195 cm³/mol. The lowest BCUT2D eigenvalue weighted by Crippen LogP contribution is -2.47. The Morgan fingerprint density at radius 3 is 2.00 bits per heavy atom. The molecule has 0 bridgehead atoms. The summed E-state index contributed by atoms with van der Waals surface area (Å²) in [6, 6.07) is 15.8. The van der Waals surface area contributed by atoms with Crippen molar-refractivity contribution in [2.75, 3.05) is 6.61 Å². The summed E-state index contributed by atoms with van der Waals surface area (Å²) in [7, 11) is -1.88. The van der Waals surface area contributed by atoms with E-state index in [2.05, 4.69) is 129 Å². The van der Waals surface area contributed by atoms with Crippen molar-refractivity contribution in [2.45, 2.75) is 138 Å². The van der Waals surface area contributed by atoms with Gasteiger partial charge in [0.2, 0.25) is 0 Å². The molecule has 0 fully saturated rings. The van der Waals surface area contributed by atoms with Gasteiger partial charge in [-0.1, -0.05) is 91.8 Å². The van der Waals surface area contributed by atoms with Gasteiger partial charge in [0.15, 0.2) is 8.32 Å². The van der Waals surface area contributed by atoms with Crippen LogP contribution in [0.2, 0.25) is 18.1 Å². The molecule has 3 aromatic rings. The van der Waals surface area contributed by atoms with Crippen molar-refractivity contribution in [3.63, 3.8) is 0 Å². The number of aromatic nitrogens is 2. The van der Waals surface area contributed by atoms with Crippen LogP contribution < -0.4 is 0 Å². The van der Waals surface area contributed by atoms with E-state index >= 15 is 0 Å². The van der Waals surface area contributed by atoms with Crippen molar-refractivity contribution in [1.29, 1.82) is 0 Å². The molecule has 5 nitrogen and oxygen atoms in total. The topological polar surface area (TPSA) is 61.3 Å². The number of benzene rings is 2. The van der Waals surface area contributed by atoms with Crippen molar-refractivity contribution in [2.24, 2.45) is 5.41 Å². The van der Waals surface area contributed by atoms with Gasteiger partial charge in [-0.05, 0) is 109 Å². The van der Waals surface area contributed by atoms with Gasteiger partial charge in [-0.15, -0.1) is 0 Å². The Balaban J connectivity index is 1.89. The second-order valence-electron chi connectivity index (χ2n) is 15.7. The molecular weight excluding hydrogens is 585 g/mol. The molecule has 0 aliphatic rings. The SMILES string of the molecule is CCOC(=O)Cc1cnnc(-c2ccc(C(CC)(CC)c3ccc(CCC(O[Si](C)(C)C(C)(C)C)C(C)(C)C)c(C)c3)cc2C)c1. The van der Waals surface area contributed by atoms with Gasteiger partial charge in [0.25, 0.3) is 0 Å². The molecule has 1 unspecified atom stereocenters. The molecule has 0 saturated carbocycles. The molecule has 252 valence electrons. The van der Waals surface area contributed by atoms with Crippen LogP contribution in [-0.2, 0) is 32.2 Å². The van der Waals surface area contributed by atoms with Gasteiger partial charge in [-0.2, -0.15) is 10.2 Å². The van der Waals surface area contributed by atoms with Crippen molar-refractivity contribution < 1.29 is 14.0 Å². The molecule has 0 saturated heterocycles. The summed E-state index contributed by atoms with van der Waals surface area (Å²) in [5.74, 6) is -0.251. The van der Waals surface area contributed by atoms with E-state index in [0.29, 0.717) is 6.61 Å². The first-order valence-electron chi connectivity index (χ1n) is 17.2. The molecule has 0 aliphatic heterocycles. The Morgan fingerprint density at radius 2 is 1.48 bits per heavy atom. The van der Waals surface area contributed by atoms with E-state index in [0.717, 1.165) is 48.1 Å². The molecule has 46 heavy (non-hydrogen) atoms. The Bertz CT molecular complexity index is 1480. The minimum atomic E-state index is -1.88. The number of ether oxygens (including phenoxy) is 1. The number of hydrogen-bond donors (Lipinski definition) is 0. The summed E-state index contributed by atoms with van der Waals surface area (Å²) in [4.78, 5) is 12.0. The molecule has 1 heterocycles. The fourth-order valence-electron chi connectivity index (χ4n) is 6.26. The molecule has 3 rings (SSSR count). The van der Waals surface area contributed by atoms with Gasteiger partial charge in [-0.25, -0.2) is 0 Å². The maximum atomic E-state index is 12.0. The van der Waals surface area contributed by atoms with E-state index in [9.17, 15) is 4.79 Å². The number of rotatable bonds is 13. The molecule has 0 N–H and O–H groups in total. The van der Waals surface area contributed by atoms with Crippen LogP contribution in [0.1, 0.15) is 115 Å². The Kier molecular flexibility index (Phi) is 12.2. The molecule has 0 amide bonds. The van der Waals surface area contributed by atoms with E-state index in [4.69, 9.17) is 9.16 Å². The van der Waals surface area contributed by atoms with Crippen LogP contribution in [0.3, 0.4) is 0 Å². The molecule has 1 aromatic heterocycles. The average molecular weight is 645 g/mol. The zero-order valence-electron chi connectivity index (χ0n) is 31.1. The van der Waals surface area contributed by atoms with Gasteiger partial charge in [0.05, 0.1) is 31.0 Å². The van der Waals surface area contributed by atoms with Crippen molar-refractivity contribution in [3.8, 4) is 11.3 Å². The van der Waals surface area contributed by atoms with E-state index in [1.54, 1.807) is 6.20 Å².